The van der Waals surface area contributed by atoms with Gasteiger partial charge in [0, 0.05) is 20.0 Å². The lowest BCUT2D eigenvalue weighted by molar-refractivity contribution is -0.140. The number of hydrogen-bond acceptors (Lipinski definition) is 5. The second kappa shape index (κ2) is 6.13. The average Bonchev–Trinajstić information content (AvgIpc) is 2.46. The molecule has 5 nitrogen and oxygen atoms in total. The fraction of sp³-hybridized carbons (Fsp3) is 0.357. The summed E-state index contributed by atoms with van der Waals surface area (Å²) in [5.74, 6) is 0.626. The molecule has 0 bridgehead atoms. The molecule has 1 aromatic heterocycles. The van der Waals surface area contributed by atoms with E-state index in [0.717, 1.165) is 29.8 Å². The van der Waals surface area contributed by atoms with Crippen molar-refractivity contribution in [1.29, 1.82) is 0 Å². The summed E-state index contributed by atoms with van der Waals surface area (Å²) in [4.78, 5) is 21.9. The van der Waals surface area contributed by atoms with Crippen molar-refractivity contribution in [3.63, 3.8) is 0 Å². The van der Waals surface area contributed by atoms with Gasteiger partial charge >= 0.3 is 5.97 Å². The summed E-state index contributed by atoms with van der Waals surface area (Å²) in [5.41, 5.74) is 1.76. The molecule has 2 aromatic rings. The van der Waals surface area contributed by atoms with Crippen LogP contribution in [0.15, 0.2) is 30.5 Å². The van der Waals surface area contributed by atoms with Crippen LogP contribution in [0.3, 0.4) is 0 Å². The highest BCUT2D eigenvalue weighted by molar-refractivity contribution is 5.75. The fourth-order valence-electron chi connectivity index (χ4n) is 1.81. The highest BCUT2D eigenvalue weighted by atomic mass is 16.5. The minimum Gasteiger partial charge on any atom is -0.469 e. The molecular weight excluding hydrogens is 242 g/mol. The quantitative estimate of drug-likeness (QED) is 0.769. The van der Waals surface area contributed by atoms with Gasteiger partial charge in [0.2, 0.25) is 0 Å². The smallest absolute Gasteiger partial charge is 0.305 e. The zero-order valence-electron chi connectivity index (χ0n) is 11.2. The molecule has 0 atom stereocenters. The molecule has 0 radical (unpaired) electrons. The van der Waals surface area contributed by atoms with Gasteiger partial charge in [-0.25, -0.2) is 4.98 Å². The number of anilines is 1. The zero-order chi connectivity index (χ0) is 13.7. The molecule has 0 aliphatic rings. The van der Waals surface area contributed by atoms with Crippen LogP contribution in [0.2, 0.25) is 0 Å². The van der Waals surface area contributed by atoms with Gasteiger partial charge in [0.05, 0.1) is 24.3 Å². The highest BCUT2D eigenvalue weighted by Gasteiger charge is 2.06. The summed E-state index contributed by atoms with van der Waals surface area (Å²) in [6.07, 6.45) is 2.90. The number of ether oxygens (including phenoxy) is 1. The summed E-state index contributed by atoms with van der Waals surface area (Å²) in [7, 11) is 3.34. The number of carbonyl (C=O) groups is 1. The summed E-state index contributed by atoms with van der Waals surface area (Å²) >= 11 is 0. The summed E-state index contributed by atoms with van der Waals surface area (Å²) in [5, 5.41) is 0. The Morgan fingerprint density at radius 3 is 2.79 bits per heavy atom. The molecular formula is C14H17N3O2. The molecule has 1 heterocycles. The van der Waals surface area contributed by atoms with Gasteiger partial charge in [0.25, 0.3) is 0 Å². The van der Waals surface area contributed by atoms with Crippen LogP contribution < -0.4 is 4.90 Å². The van der Waals surface area contributed by atoms with Crippen LogP contribution in [0, 0.1) is 0 Å². The van der Waals surface area contributed by atoms with Gasteiger partial charge in [-0.3, -0.25) is 9.78 Å². The van der Waals surface area contributed by atoms with E-state index < -0.39 is 0 Å². The summed E-state index contributed by atoms with van der Waals surface area (Å²) in [6.45, 7) is 0.738. The van der Waals surface area contributed by atoms with E-state index in [9.17, 15) is 4.79 Å². The number of methoxy groups -OCH3 is 1. The minimum absolute atomic E-state index is 0.182. The van der Waals surface area contributed by atoms with Crippen LogP contribution in [0.5, 0.6) is 0 Å². The SMILES string of the molecule is COC(=O)CCCN(C)c1cnc2ccccc2n1. The maximum atomic E-state index is 11.0. The zero-order valence-corrected chi connectivity index (χ0v) is 11.2. The molecule has 100 valence electrons. The number of para-hydroxylation sites is 2. The van der Waals surface area contributed by atoms with Crippen molar-refractivity contribution < 1.29 is 9.53 Å². The van der Waals surface area contributed by atoms with Crippen LogP contribution in [0.25, 0.3) is 11.0 Å². The van der Waals surface area contributed by atoms with E-state index in [0.29, 0.717) is 6.42 Å². The molecule has 0 spiro atoms. The lowest BCUT2D eigenvalue weighted by Gasteiger charge is -2.17. The fourth-order valence-corrected chi connectivity index (χ4v) is 1.81. The third kappa shape index (κ3) is 3.40. The van der Waals surface area contributed by atoms with Crippen molar-refractivity contribution in [3.8, 4) is 0 Å². The lowest BCUT2D eigenvalue weighted by atomic mass is 10.3. The molecule has 2 rings (SSSR count). The topological polar surface area (TPSA) is 55.3 Å². The van der Waals surface area contributed by atoms with E-state index in [1.807, 2.05) is 36.2 Å². The molecule has 19 heavy (non-hydrogen) atoms. The number of fused-ring (bicyclic) bond motifs is 1. The highest BCUT2D eigenvalue weighted by Crippen LogP contribution is 2.14. The molecule has 0 unspecified atom stereocenters. The first-order valence-corrected chi connectivity index (χ1v) is 6.20. The lowest BCUT2D eigenvalue weighted by Crippen LogP contribution is -2.20. The third-order valence-electron chi connectivity index (χ3n) is 2.93. The van der Waals surface area contributed by atoms with E-state index in [4.69, 9.17) is 0 Å². The van der Waals surface area contributed by atoms with Crippen molar-refractivity contribution in [2.45, 2.75) is 12.8 Å². The first-order valence-electron chi connectivity index (χ1n) is 6.20. The van der Waals surface area contributed by atoms with E-state index >= 15 is 0 Å². The van der Waals surface area contributed by atoms with Gasteiger partial charge in [-0.15, -0.1) is 0 Å². The number of carbonyl (C=O) groups excluding carboxylic acids is 1. The van der Waals surface area contributed by atoms with Crippen LogP contribution in [-0.2, 0) is 9.53 Å². The Bertz CT molecular complexity index is 571. The first kappa shape index (κ1) is 13.3. The Labute approximate surface area is 112 Å². The first-order chi connectivity index (χ1) is 9.20. The minimum atomic E-state index is -0.182. The second-order valence-corrected chi connectivity index (χ2v) is 4.32. The van der Waals surface area contributed by atoms with Gasteiger partial charge < -0.3 is 9.64 Å². The van der Waals surface area contributed by atoms with Crippen molar-refractivity contribution in [2.75, 3.05) is 25.6 Å². The van der Waals surface area contributed by atoms with Crippen LogP contribution in [0.4, 0.5) is 5.82 Å². The Hall–Kier alpha value is -2.17. The van der Waals surface area contributed by atoms with Gasteiger partial charge in [-0.05, 0) is 18.6 Å². The molecule has 0 aliphatic heterocycles. The van der Waals surface area contributed by atoms with Gasteiger partial charge in [0.15, 0.2) is 0 Å². The van der Waals surface area contributed by atoms with Crippen LogP contribution >= 0.6 is 0 Å². The number of aromatic nitrogens is 2. The number of benzene rings is 1. The predicted octanol–water partition coefficient (Wildman–Crippen LogP) is 2.02. The maximum Gasteiger partial charge on any atom is 0.305 e. The van der Waals surface area contributed by atoms with E-state index in [-0.39, 0.29) is 5.97 Å². The van der Waals surface area contributed by atoms with Gasteiger partial charge in [-0.2, -0.15) is 0 Å². The van der Waals surface area contributed by atoms with Gasteiger partial charge in [-0.1, -0.05) is 12.1 Å². The van der Waals surface area contributed by atoms with E-state index in [2.05, 4.69) is 14.7 Å². The molecule has 0 aliphatic carbocycles. The van der Waals surface area contributed by atoms with E-state index in [1.165, 1.54) is 7.11 Å². The Morgan fingerprint density at radius 1 is 1.32 bits per heavy atom. The van der Waals surface area contributed by atoms with Crippen molar-refractivity contribution in [3.05, 3.63) is 30.5 Å². The van der Waals surface area contributed by atoms with Crippen LogP contribution in [0.1, 0.15) is 12.8 Å². The predicted molar refractivity (Wildman–Crippen MR) is 74.1 cm³/mol. The number of esters is 1. The monoisotopic (exact) mass is 259 g/mol. The molecule has 0 saturated carbocycles. The Balaban J connectivity index is 2.00. The summed E-state index contributed by atoms with van der Waals surface area (Å²) in [6, 6.07) is 7.76. The van der Waals surface area contributed by atoms with Crippen molar-refractivity contribution in [2.24, 2.45) is 0 Å². The Morgan fingerprint density at radius 2 is 2.05 bits per heavy atom. The molecule has 0 fully saturated rings. The van der Waals surface area contributed by atoms with Crippen molar-refractivity contribution in [1.82, 2.24) is 9.97 Å². The standard InChI is InChI=1S/C14H17N3O2/c1-17(9-5-8-14(18)19-2)13-10-15-11-6-3-4-7-12(11)16-13/h3-4,6-7,10H,5,8-9H2,1-2H3. The largest absolute Gasteiger partial charge is 0.469 e. The number of rotatable bonds is 5. The summed E-state index contributed by atoms with van der Waals surface area (Å²) < 4.78 is 4.61. The average molecular weight is 259 g/mol. The number of hydrogen-bond donors (Lipinski definition) is 0. The normalized spacial score (nSPS) is 10.4. The van der Waals surface area contributed by atoms with Crippen molar-refractivity contribution >= 4 is 22.8 Å². The maximum absolute atomic E-state index is 11.0. The molecule has 1 aromatic carbocycles. The number of nitrogens with zero attached hydrogens (tertiary/aromatic N) is 3. The van der Waals surface area contributed by atoms with E-state index in [1.54, 1.807) is 6.20 Å². The second-order valence-electron chi connectivity index (χ2n) is 4.32. The van der Waals surface area contributed by atoms with Gasteiger partial charge in [0.1, 0.15) is 5.82 Å². The molecule has 0 amide bonds. The van der Waals surface area contributed by atoms with Crippen LogP contribution in [-0.4, -0.2) is 36.6 Å². The molecule has 5 heteroatoms. The third-order valence-corrected chi connectivity index (χ3v) is 2.93. The molecule has 0 saturated heterocycles. The Kier molecular flexibility index (Phi) is 4.28. The molecule has 0 N–H and O–H groups in total.